The topological polar surface area (TPSA) is 60.5 Å². The van der Waals surface area contributed by atoms with Gasteiger partial charge in [-0.3, -0.25) is 4.79 Å². The molecule has 1 N–H and O–H groups in total. The average Bonchev–Trinajstić information content (AvgIpc) is 3.40. The number of pyridine rings is 1. The van der Waals surface area contributed by atoms with Crippen LogP contribution in [0.3, 0.4) is 0 Å². The summed E-state index contributed by atoms with van der Waals surface area (Å²) >= 11 is 0. The third-order valence-electron chi connectivity index (χ3n) is 4.06. The van der Waals surface area contributed by atoms with E-state index in [0.29, 0.717) is 31.2 Å². The van der Waals surface area contributed by atoms with Gasteiger partial charge in [0.1, 0.15) is 12.3 Å². The Labute approximate surface area is 144 Å². The van der Waals surface area contributed by atoms with Gasteiger partial charge < -0.3 is 14.8 Å². The van der Waals surface area contributed by atoms with Crippen LogP contribution in [0.5, 0.6) is 5.88 Å². The second-order valence-corrected chi connectivity index (χ2v) is 5.78. The van der Waals surface area contributed by atoms with Crippen molar-refractivity contribution in [1.82, 2.24) is 4.98 Å². The number of carbonyl (C=O) groups is 1. The third-order valence-corrected chi connectivity index (χ3v) is 4.06. The van der Waals surface area contributed by atoms with Gasteiger partial charge >= 0.3 is 0 Å². The van der Waals surface area contributed by atoms with Crippen LogP contribution in [0.2, 0.25) is 0 Å². The fourth-order valence-electron chi connectivity index (χ4n) is 2.68. The Morgan fingerprint density at radius 3 is 2.92 bits per heavy atom. The Morgan fingerprint density at radius 1 is 1.28 bits per heavy atom. The molecule has 1 aromatic heterocycles. The number of amides is 1. The lowest BCUT2D eigenvalue weighted by molar-refractivity contribution is -0.117. The summed E-state index contributed by atoms with van der Waals surface area (Å²) in [5, 5.41) is 2.75. The number of anilines is 1. The molecule has 0 spiro atoms. The molecule has 1 heterocycles. The van der Waals surface area contributed by atoms with Crippen LogP contribution < -0.4 is 10.1 Å². The van der Waals surface area contributed by atoms with Crippen molar-refractivity contribution in [3.63, 3.8) is 0 Å². The highest BCUT2D eigenvalue weighted by Gasteiger charge is 2.45. The number of methoxy groups -OCH3 is 1. The first-order valence-corrected chi connectivity index (χ1v) is 7.93. The number of halogens is 2. The fourth-order valence-corrected chi connectivity index (χ4v) is 2.68. The van der Waals surface area contributed by atoms with Crippen molar-refractivity contribution in [1.29, 1.82) is 0 Å². The summed E-state index contributed by atoms with van der Waals surface area (Å²) in [6.45, 7) is 0.699. The van der Waals surface area contributed by atoms with Crippen LogP contribution in [0.25, 0.3) is 0 Å². The SMILES string of the molecule is COCCOc1ncccc1NC(=O)[C@@H]1C[C@@H]1c1cccc(F)c1F. The molecule has 25 heavy (non-hydrogen) atoms. The van der Waals surface area contributed by atoms with Crippen LogP contribution in [-0.2, 0) is 9.53 Å². The van der Waals surface area contributed by atoms with E-state index in [-0.39, 0.29) is 17.4 Å². The summed E-state index contributed by atoms with van der Waals surface area (Å²) in [6, 6.07) is 7.38. The molecule has 0 unspecified atom stereocenters. The predicted molar refractivity (Wildman–Crippen MR) is 87.4 cm³/mol. The number of carbonyl (C=O) groups excluding carboxylic acids is 1. The molecule has 1 aromatic carbocycles. The van der Waals surface area contributed by atoms with Crippen LogP contribution in [0.15, 0.2) is 36.5 Å². The van der Waals surface area contributed by atoms with Crippen LogP contribution in [0, 0.1) is 17.6 Å². The van der Waals surface area contributed by atoms with Gasteiger partial charge in [0, 0.05) is 19.2 Å². The zero-order valence-electron chi connectivity index (χ0n) is 13.7. The van der Waals surface area contributed by atoms with E-state index in [0.717, 1.165) is 6.07 Å². The van der Waals surface area contributed by atoms with Crippen LogP contribution >= 0.6 is 0 Å². The van der Waals surface area contributed by atoms with Gasteiger partial charge in [0.2, 0.25) is 11.8 Å². The molecule has 0 saturated heterocycles. The van der Waals surface area contributed by atoms with Gasteiger partial charge in [0.15, 0.2) is 11.6 Å². The number of benzene rings is 1. The minimum absolute atomic E-state index is 0.239. The van der Waals surface area contributed by atoms with Gasteiger partial charge in [0.05, 0.1) is 6.61 Å². The molecule has 1 amide bonds. The third kappa shape index (κ3) is 3.93. The first-order valence-electron chi connectivity index (χ1n) is 7.93. The molecule has 0 radical (unpaired) electrons. The van der Waals surface area contributed by atoms with Gasteiger partial charge in [-0.2, -0.15) is 0 Å². The number of ether oxygens (including phenoxy) is 2. The summed E-state index contributed by atoms with van der Waals surface area (Å²) in [5.74, 6) is -2.47. The van der Waals surface area contributed by atoms with Crippen molar-refractivity contribution >= 4 is 11.6 Å². The lowest BCUT2D eigenvalue weighted by atomic mass is 10.1. The fraction of sp³-hybridized carbons (Fsp3) is 0.333. The van der Waals surface area contributed by atoms with Gasteiger partial charge in [0.25, 0.3) is 0 Å². The Morgan fingerprint density at radius 2 is 2.12 bits per heavy atom. The van der Waals surface area contributed by atoms with Crippen molar-refractivity contribution in [2.24, 2.45) is 5.92 Å². The van der Waals surface area contributed by atoms with Crippen molar-refractivity contribution in [2.75, 3.05) is 25.6 Å². The number of rotatable bonds is 7. The summed E-state index contributed by atoms with van der Waals surface area (Å²) in [4.78, 5) is 16.5. The van der Waals surface area contributed by atoms with Crippen LogP contribution in [0.4, 0.5) is 14.5 Å². The van der Waals surface area contributed by atoms with E-state index in [1.54, 1.807) is 25.4 Å². The largest absolute Gasteiger partial charge is 0.474 e. The molecular formula is C18H18F2N2O3. The first kappa shape index (κ1) is 17.3. The van der Waals surface area contributed by atoms with E-state index in [9.17, 15) is 13.6 Å². The monoisotopic (exact) mass is 348 g/mol. The highest BCUT2D eigenvalue weighted by molar-refractivity contribution is 5.96. The van der Waals surface area contributed by atoms with Crippen LogP contribution in [-0.4, -0.2) is 31.2 Å². The lowest BCUT2D eigenvalue weighted by Crippen LogP contribution is -2.16. The van der Waals surface area contributed by atoms with Gasteiger partial charge in [-0.15, -0.1) is 0 Å². The smallest absolute Gasteiger partial charge is 0.237 e. The summed E-state index contributed by atoms with van der Waals surface area (Å²) in [5.41, 5.74) is 0.678. The van der Waals surface area contributed by atoms with Crippen molar-refractivity contribution < 1.29 is 23.0 Å². The highest BCUT2D eigenvalue weighted by Crippen LogP contribution is 2.49. The van der Waals surface area contributed by atoms with Gasteiger partial charge in [-0.25, -0.2) is 13.8 Å². The maximum atomic E-state index is 13.8. The lowest BCUT2D eigenvalue weighted by Gasteiger charge is -2.11. The Balaban J connectivity index is 1.65. The number of nitrogens with zero attached hydrogens (tertiary/aromatic N) is 1. The number of hydrogen-bond acceptors (Lipinski definition) is 4. The second-order valence-electron chi connectivity index (χ2n) is 5.78. The molecule has 1 aliphatic carbocycles. The summed E-state index contributed by atoms with van der Waals surface area (Å²) in [6.07, 6.45) is 2.03. The summed E-state index contributed by atoms with van der Waals surface area (Å²) in [7, 11) is 1.56. The minimum atomic E-state index is -0.898. The molecule has 132 valence electrons. The highest BCUT2D eigenvalue weighted by atomic mass is 19.2. The molecule has 0 aliphatic heterocycles. The molecule has 3 rings (SSSR count). The van der Waals surface area contributed by atoms with Crippen LogP contribution in [0.1, 0.15) is 17.9 Å². The zero-order valence-corrected chi connectivity index (χ0v) is 13.7. The maximum absolute atomic E-state index is 13.8. The molecule has 1 saturated carbocycles. The standard InChI is InChI=1S/C18H18F2N2O3/c1-24-8-9-25-18-15(6-3-7-21-18)22-17(23)13-10-12(13)11-4-2-5-14(19)16(11)20/h2-7,12-13H,8-10H2,1H3,(H,22,23)/t12-,13-/m1/s1. The van der Waals surface area contributed by atoms with E-state index in [1.165, 1.54) is 12.1 Å². The van der Waals surface area contributed by atoms with E-state index >= 15 is 0 Å². The van der Waals surface area contributed by atoms with E-state index in [4.69, 9.17) is 9.47 Å². The Hall–Kier alpha value is -2.54. The van der Waals surface area contributed by atoms with E-state index < -0.39 is 17.6 Å². The second kappa shape index (κ2) is 7.57. The number of nitrogens with one attached hydrogen (secondary N) is 1. The molecular weight excluding hydrogens is 330 g/mol. The molecule has 1 fully saturated rings. The normalized spacial score (nSPS) is 18.7. The van der Waals surface area contributed by atoms with E-state index in [1.807, 2.05) is 0 Å². The van der Waals surface area contributed by atoms with E-state index in [2.05, 4.69) is 10.3 Å². The van der Waals surface area contributed by atoms with Crippen molar-refractivity contribution in [3.05, 3.63) is 53.7 Å². The minimum Gasteiger partial charge on any atom is -0.474 e. The molecule has 5 nitrogen and oxygen atoms in total. The molecule has 7 heteroatoms. The molecule has 2 atom stereocenters. The summed E-state index contributed by atoms with van der Waals surface area (Å²) < 4.78 is 37.6. The molecule has 0 bridgehead atoms. The average molecular weight is 348 g/mol. The first-order chi connectivity index (χ1) is 12.1. The molecule has 1 aliphatic rings. The van der Waals surface area contributed by atoms with Crippen molar-refractivity contribution in [2.45, 2.75) is 12.3 Å². The van der Waals surface area contributed by atoms with Gasteiger partial charge in [-0.1, -0.05) is 12.1 Å². The molecule has 2 aromatic rings. The number of aromatic nitrogens is 1. The number of hydrogen-bond donors (Lipinski definition) is 1. The van der Waals surface area contributed by atoms with Gasteiger partial charge in [-0.05, 0) is 36.1 Å². The Kier molecular flexibility index (Phi) is 5.23. The quantitative estimate of drug-likeness (QED) is 0.781. The Bertz CT molecular complexity index is 770. The predicted octanol–water partition coefficient (Wildman–Crippen LogP) is 3.13. The zero-order chi connectivity index (χ0) is 17.8. The maximum Gasteiger partial charge on any atom is 0.237 e. The van der Waals surface area contributed by atoms with Crippen molar-refractivity contribution in [3.8, 4) is 5.88 Å².